The van der Waals surface area contributed by atoms with Crippen LogP contribution in [0.5, 0.6) is 0 Å². The first-order valence-electron chi connectivity index (χ1n) is 6.48. The van der Waals surface area contributed by atoms with Crippen LogP contribution in [-0.2, 0) is 16.0 Å². The second-order valence-electron chi connectivity index (χ2n) is 4.82. The Labute approximate surface area is 117 Å². The quantitative estimate of drug-likeness (QED) is 0.834. The maximum absolute atomic E-state index is 11.7. The highest BCUT2D eigenvalue weighted by Gasteiger charge is 2.22. The number of hydrazine groups is 1. The lowest BCUT2D eigenvalue weighted by Gasteiger charge is -2.11. The fourth-order valence-electron chi connectivity index (χ4n) is 2.25. The average molecular weight is 281 g/mol. The molecule has 0 heterocycles. The van der Waals surface area contributed by atoms with Crippen LogP contribution in [0.25, 0.3) is 0 Å². The monoisotopic (exact) mass is 280 g/mol. The Morgan fingerprint density at radius 2 is 1.74 bits per heavy atom. The van der Waals surface area contributed by atoms with Gasteiger partial charge in [-0.25, -0.2) is 0 Å². The van der Waals surface area contributed by atoms with Gasteiger partial charge in [0.1, 0.15) is 0 Å². The third-order valence-electron chi connectivity index (χ3n) is 3.33. The van der Waals surface area contributed by atoms with Gasteiger partial charge in [0.15, 0.2) is 0 Å². The van der Waals surface area contributed by atoms with Gasteiger partial charge < -0.3 is 0 Å². The molecule has 2 N–H and O–H groups in total. The summed E-state index contributed by atoms with van der Waals surface area (Å²) in [5.41, 5.74) is 5.80. The molecule has 0 unspecified atom stereocenters. The van der Waals surface area contributed by atoms with Crippen LogP contribution >= 0.6 is 11.6 Å². The number of carbonyl (C=O) groups is 2. The van der Waals surface area contributed by atoms with E-state index in [4.69, 9.17) is 11.6 Å². The smallest absolute Gasteiger partial charge is 0.242 e. The first-order valence-corrected chi connectivity index (χ1v) is 6.86. The molecule has 1 aromatic rings. The van der Waals surface area contributed by atoms with Gasteiger partial charge in [-0.15, -0.1) is 0 Å². The van der Waals surface area contributed by atoms with Gasteiger partial charge in [0.25, 0.3) is 0 Å². The molecular formula is C14H17ClN2O2. The van der Waals surface area contributed by atoms with Gasteiger partial charge in [0.05, 0.1) is 6.42 Å². The Morgan fingerprint density at radius 3 is 2.37 bits per heavy atom. The van der Waals surface area contributed by atoms with Gasteiger partial charge in [-0.3, -0.25) is 20.4 Å². The lowest BCUT2D eigenvalue weighted by atomic mass is 10.1. The number of benzene rings is 1. The molecule has 102 valence electrons. The molecule has 1 saturated carbocycles. The molecule has 0 atom stereocenters. The fourth-order valence-corrected chi connectivity index (χ4v) is 2.38. The molecule has 0 aliphatic heterocycles. The van der Waals surface area contributed by atoms with E-state index >= 15 is 0 Å². The first kappa shape index (κ1) is 13.9. The van der Waals surface area contributed by atoms with Crippen LogP contribution in [0.4, 0.5) is 0 Å². The van der Waals surface area contributed by atoms with Crippen LogP contribution in [-0.4, -0.2) is 11.8 Å². The molecule has 2 rings (SSSR count). The summed E-state index contributed by atoms with van der Waals surface area (Å²) in [4.78, 5) is 23.4. The van der Waals surface area contributed by atoms with Crippen LogP contribution in [0.15, 0.2) is 24.3 Å². The number of carbonyl (C=O) groups excluding carboxylic acids is 2. The van der Waals surface area contributed by atoms with Crippen molar-refractivity contribution in [3.63, 3.8) is 0 Å². The standard InChI is InChI=1S/C14H17ClN2O2/c15-12-7-5-10(6-8-12)9-13(18)16-17-14(19)11-3-1-2-4-11/h5-8,11H,1-4,9H2,(H,16,18)(H,17,19). The number of halogens is 1. The summed E-state index contributed by atoms with van der Waals surface area (Å²) in [7, 11) is 0. The van der Waals surface area contributed by atoms with E-state index in [1.165, 1.54) is 0 Å². The van der Waals surface area contributed by atoms with Crippen molar-refractivity contribution in [1.82, 2.24) is 10.9 Å². The molecule has 5 heteroatoms. The van der Waals surface area contributed by atoms with E-state index in [-0.39, 0.29) is 24.2 Å². The van der Waals surface area contributed by atoms with Crippen LogP contribution < -0.4 is 10.9 Å². The zero-order valence-corrected chi connectivity index (χ0v) is 11.4. The number of amides is 2. The van der Waals surface area contributed by atoms with Gasteiger partial charge in [0.2, 0.25) is 11.8 Å². The molecule has 1 aromatic carbocycles. The molecular weight excluding hydrogens is 264 g/mol. The molecule has 4 nitrogen and oxygen atoms in total. The molecule has 1 fully saturated rings. The molecule has 0 saturated heterocycles. The number of hydrogen-bond acceptors (Lipinski definition) is 2. The van der Waals surface area contributed by atoms with Crippen molar-refractivity contribution in [3.05, 3.63) is 34.9 Å². The Morgan fingerprint density at radius 1 is 1.11 bits per heavy atom. The maximum Gasteiger partial charge on any atom is 0.242 e. The zero-order valence-electron chi connectivity index (χ0n) is 10.6. The Bertz CT molecular complexity index is 453. The van der Waals surface area contributed by atoms with E-state index < -0.39 is 0 Å². The molecule has 0 radical (unpaired) electrons. The van der Waals surface area contributed by atoms with E-state index in [1.54, 1.807) is 24.3 Å². The molecule has 1 aliphatic carbocycles. The summed E-state index contributed by atoms with van der Waals surface area (Å²) in [6.45, 7) is 0. The molecule has 0 aromatic heterocycles. The van der Waals surface area contributed by atoms with Gasteiger partial charge >= 0.3 is 0 Å². The van der Waals surface area contributed by atoms with E-state index in [0.29, 0.717) is 5.02 Å². The van der Waals surface area contributed by atoms with Crippen molar-refractivity contribution in [3.8, 4) is 0 Å². The van der Waals surface area contributed by atoms with Gasteiger partial charge in [0, 0.05) is 10.9 Å². The molecule has 2 amide bonds. The number of hydrogen-bond donors (Lipinski definition) is 2. The Hall–Kier alpha value is -1.55. The zero-order chi connectivity index (χ0) is 13.7. The SMILES string of the molecule is O=C(Cc1ccc(Cl)cc1)NNC(=O)C1CCCC1. The second-order valence-corrected chi connectivity index (χ2v) is 5.26. The minimum absolute atomic E-state index is 0.0517. The van der Waals surface area contributed by atoms with Crippen LogP contribution in [0, 0.1) is 5.92 Å². The maximum atomic E-state index is 11.7. The fraction of sp³-hybridized carbons (Fsp3) is 0.429. The molecule has 0 bridgehead atoms. The topological polar surface area (TPSA) is 58.2 Å². The van der Waals surface area contributed by atoms with Crippen molar-refractivity contribution in [1.29, 1.82) is 0 Å². The third-order valence-corrected chi connectivity index (χ3v) is 3.58. The van der Waals surface area contributed by atoms with Crippen molar-refractivity contribution in [2.45, 2.75) is 32.1 Å². The summed E-state index contributed by atoms with van der Waals surface area (Å²) in [6.07, 6.45) is 4.24. The highest BCUT2D eigenvalue weighted by atomic mass is 35.5. The van der Waals surface area contributed by atoms with Crippen molar-refractivity contribution < 1.29 is 9.59 Å². The molecule has 19 heavy (non-hydrogen) atoms. The minimum Gasteiger partial charge on any atom is -0.273 e. The van der Waals surface area contributed by atoms with Crippen LogP contribution in [0.2, 0.25) is 5.02 Å². The summed E-state index contributed by atoms with van der Waals surface area (Å²) in [5.74, 6) is -0.258. The van der Waals surface area contributed by atoms with Crippen molar-refractivity contribution in [2.24, 2.45) is 5.92 Å². The van der Waals surface area contributed by atoms with Gasteiger partial charge in [-0.2, -0.15) is 0 Å². The number of rotatable bonds is 3. The van der Waals surface area contributed by atoms with Crippen molar-refractivity contribution >= 4 is 23.4 Å². The summed E-state index contributed by atoms with van der Waals surface area (Å²) >= 11 is 5.77. The second kappa shape index (κ2) is 6.57. The van der Waals surface area contributed by atoms with E-state index in [0.717, 1.165) is 31.2 Å². The summed E-state index contributed by atoms with van der Waals surface area (Å²) < 4.78 is 0. The lowest BCUT2D eigenvalue weighted by molar-refractivity contribution is -0.130. The molecule has 1 aliphatic rings. The predicted molar refractivity (Wildman–Crippen MR) is 73.4 cm³/mol. The minimum atomic E-state index is -0.228. The highest BCUT2D eigenvalue weighted by molar-refractivity contribution is 6.30. The van der Waals surface area contributed by atoms with E-state index in [1.807, 2.05) is 0 Å². The average Bonchev–Trinajstić information content (AvgIpc) is 2.93. The predicted octanol–water partition coefficient (Wildman–Crippen LogP) is 2.22. The Kier molecular flexibility index (Phi) is 4.80. The Balaban J connectivity index is 1.75. The first-order chi connectivity index (χ1) is 9.15. The van der Waals surface area contributed by atoms with Crippen LogP contribution in [0.1, 0.15) is 31.2 Å². The molecule has 0 spiro atoms. The van der Waals surface area contributed by atoms with Crippen molar-refractivity contribution in [2.75, 3.05) is 0 Å². The normalized spacial score (nSPS) is 15.2. The summed E-state index contributed by atoms with van der Waals surface area (Å²) in [5, 5.41) is 0.638. The number of nitrogens with one attached hydrogen (secondary N) is 2. The van der Waals surface area contributed by atoms with E-state index in [2.05, 4.69) is 10.9 Å². The van der Waals surface area contributed by atoms with Crippen LogP contribution in [0.3, 0.4) is 0 Å². The van der Waals surface area contributed by atoms with Gasteiger partial charge in [-0.1, -0.05) is 36.6 Å². The lowest BCUT2D eigenvalue weighted by Crippen LogP contribution is -2.44. The largest absolute Gasteiger partial charge is 0.273 e. The van der Waals surface area contributed by atoms with Gasteiger partial charge in [-0.05, 0) is 30.5 Å². The third kappa shape index (κ3) is 4.24. The summed E-state index contributed by atoms with van der Waals surface area (Å²) in [6, 6.07) is 7.06. The highest BCUT2D eigenvalue weighted by Crippen LogP contribution is 2.24. The van der Waals surface area contributed by atoms with E-state index in [9.17, 15) is 9.59 Å².